The van der Waals surface area contributed by atoms with Crippen LogP contribution in [0.4, 0.5) is 13.2 Å². The van der Waals surface area contributed by atoms with Crippen molar-refractivity contribution in [2.24, 2.45) is 5.92 Å². The SMILES string of the molecule is CCNCC(C)C(C)c1cnccc1C(F)(F)F. The summed E-state index contributed by atoms with van der Waals surface area (Å²) in [6.45, 7) is 7.25. The number of aromatic nitrogens is 1. The maximum absolute atomic E-state index is 12.9. The average Bonchev–Trinajstić information content (AvgIpc) is 2.34. The molecule has 102 valence electrons. The van der Waals surface area contributed by atoms with Gasteiger partial charge < -0.3 is 5.32 Å². The van der Waals surface area contributed by atoms with Gasteiger partial charge in [-0.2, -0.15) is 13.2 Å². The van der Waals surface area contributed by atoms with Crippen molar-refractivity contribution in [3.8, 4) is 0 Å². The van der Waals surface area contributed by atoms with E-state index < -0.39 is 11.7 Å². The molecule has 0 aliphatic rings. The molecule has 0 saturated carbocycles. The summed E-state index contributed by atoms with van der Waals surface area (Å²) in [6, 6.07) is 1.05. The van der Waals surface area contributed by atoms with Gasteiger partial charge in [0.05, 0.1) is 5.56 Å². The van der Waals surface area contributed by atoms with E-state index in [0.717, 1.165) is 12.6 Å². The predicted octanol–water partition coefficient (Wildman–Crippen LogP) is 3.45. The van der Waals surface area contributed by atoms with Crippen LogP contribution in [0.3, 0.4) is 0 Å². The van der Waals surface area contributed by atoms with E-state index in [1.165, 1.54) is 12.4 Å². The van der Waals surface area contributed by atoms with Gasteiger partial charge >= 0.3 is 6.18 Å². The lowest BCUT2D eigenvalue weighted by molar-refractivity contribution is -0.138. The number of hydrogen-bond acceptors (Lipinski definition) is 2. The summed E-state index contributed by atoms with van der Waals surface area (Å²) in [7, 11) is 0. The largest absolute Gasteiger partial charge is 0.416 e. The van der Waals surface area contributed by atoms with Gasteiger partial charge in [-0.15, -0.1) is 0 Å². The quantitative estimate of drug-likeness (QED) is 0.877. The molecule has 0 aromatic carbocycles. The Hall–Kier alpha value is -1.10. The van der Waals surface area contributed by atoms with Crippen LogP contribution in [0, 0.1) is 5.92 Å². The van der Waals surface area contributed by atoms with Gasteiger partial charge in [-0.25, -0.2) is 0 Å². The van der Waals surface area contributed by atoms with Gasteiger partial charge in [-0.05, 0) is 36.6 Å². The van der Waals surface area contributed by atoms with Crippen molar-refractivity contribution in [3.63, 3.8) is 0 Å². The molecule has 1 N–H and O–H groups in total. The summed E-state index contributed by atoms with van der Waals surface area (Å²) in [5, 5.41) is 3.16. The van der Waals surface area contributed by atoms with E-state index in [0.29, 0.717) is 6.54 Å². The zero-order chi connectivity index (χ0) is 13.8. The van der Waals surface area contributed by atoms with Crippen molar-refractivity contribution in [1.29, 1.82) is 0 Å². The summed E-state index contributed by atoms with van der Waals surface area (Å²) >= 11 is 0. The van der Waals surface area contributed by atoms with Gasteiger partial charge in [0.15, 0.2) is 0 Å². The number of nitrogens with one attached hydrogen (secondary N) is 1. The first-order valence-corrected chi connectivity index (χ1v) is 6.09. The van der Waals surface area contributed by atoms with Crippen molar-refractivity contribution < 1.29 is 13.2 Å². The molecule has 0 spiro atoms. The molecule has 5 heteroatoms. The van der Waals surface area contributed by atoms with E-state index >= 15 is 0 Å². The topological polar surface area (TPSA) is 24.9 Å². The summed E-state index contributed by atoms with van der Waals surface area (Å²) in [5.41, 5.74) is -0.302. The predicted molar refractivity (Wildman–Crippen MR) is 65.4 cm³/mol. The second-order valence-electron chi connectivity index (χ2n) is 4.53. The van der Waals surface area contributed by atoms with Crippen LogP contribution < -0.4 is 5.32 Å². The van der Waals surface area contributed by atoms with E-state index in [2.05, 4.69) is 10.3 Å². The van der Waals surface area contributed by atoms with Gasteiger partial charge in [-0.3, -0.25) is 4.98 Å². The summed E-state index contributed by atoms with van der Waals surface area (Å²) in [4.78, 5) is 3.82. The van der Waals surface area contributed by atoms with Crippen molar-refractivity contribution in [2.45, 2.75) is 32.9 Å². The van der Waals surface area contributed by atoms with Crippen LogP contribution in [-0.4, -0.2) is 18.1 Å². The lowest BCUT2D eigenvalue weighted by Gasteiger charge is -2.23. The standard InChI is InChI=1S/C13H19F3N2/c1-4-17-7-9(2)10(3)11-8-18-6-5-12(11)13(14,15)16/h5-6,8-10,17H,4,7H2,1-3H3. The maximum Gasteiger partial charge on any atom is 0.416 e. The number of nitrogens with zero attached hydrogens (tertiary/aromatic N) is 1. The molecule has 18 heavy (non-hydrogen) atoms. The third-order valence-corrected chi connectivity index (χ3v) is 3.22. The van der Waals surface area contributed by atoms with Crippen LogP contribution in [0.15, 0.2) is 18.5 Å². The number of halogens is 3. The third-order valence-electron chi connectivity index (χ3n) is 3.22. The Balaban J connectivity index is 2.95. The highest BCUT2D eigenvalue weighted by molar-refractivity contribution is 5.29. The average molecular weight is 260 g/mol. The van der Waals surface area contributed by atoms with Crippen LogP contribution in [0.5, 0.6) is 0 Å². The Morgan fingerprint density at radius 2 is 2.00 bits per heavy atom. The normalized spacial score (nSPS) is 15.4. The van der Waals surface area contributed by atoms with Crippen LogP contribution in [0.1, 0.15) is 37.8 Å². The van der Waals surface area contributed by atoms with Crippen LogP contribution >= 0.6 is 0 Å². The van der Waals surface area contributed by atoms with Gasteiger partial charge in [0, 0.05) is 12.4 Å². The van der Waals surface area contributed by atoms with E-state index in [-0.39, 0.29) is 17.4 Å². The second kappa shape index (κ2) is 6.18. The third kappa shape index (κ3) is 3.70. The fraction of sp³-hybridized carbons (Fsp3) is 0.615. The molecule has 2 nitrogen and oxygen atoms in total. The lowest BCUT2D eigenvalue weighted by Crippen LogP contribution is -2.25. The molecular weight excluding hydrogens is 241 g/mol. The smallest absolute Gasteiger partial charge is 0.317 e. The lowest BCUT2D eigenvalue weighted by atomic mass is 9.87. The molecule has 0 aliphatic carbocycles. The van der Waals surface area contributed by atoms with Crippen molar-refractivity contribution >= 4 is 0 Å². The summed E-state index contributed by atoms with van der Waals surface area (Å²) < 4.78 is 38.6. The molecule has 0 radical (unpaired) electrons. The van der Waals surface area contributed by atoms with E-state index in [9.17, 15) is 13.2 Å². The van der Waals surface area contributed by atoms with Crippen LogP contribution in [0.25, 0.3) is 0 Å². The minimum atomic E-state index is -4.32. The molecule has 1 heterocycles. The highest BCUT2D eigenvalue weighted by Gasteiger charge is 2.35. The maximum atomic E-state index is 12.9. The monoisotopic (exact) mass is 260 g/mol. The first-order chi connectivity index (χ1) is 8.38. The molecule has 2 atom stereocenters. The van der Waals surface area contributed by atoms with Gasteiger partial charge in [0.25, 0.3) is 0 Å². The first kappa shape index (κ1) is 15.0. The summed E-state index contributed by atoms with van der Waals surface area (Å²) in [5.74, 6) is -0.0652. The van der Waals surface area contributed by atoms with Crippen molar-refractivity contribution in [3.05, 3.63) is 29.6 Å². The zero-order valence-corrected chi connectivity index (χ0v) is 10.9. The van der Waals surface area contributed by atoms with Gasteiger partial charge in [-0.1, -0.05) is 20.8 Å². The number of pyridine rings is 1. The van der Waals surface area contributed by atoms with Gasteiger partial charge in [0.1, 0.15) is 0 Å². The molecule has 0 saturated heterocycles. The molecule has 0 bridgehead atoms. The summed E-state index contributed by atoms with van der Waals surface area (Å²) in [6.07, 6.45) is -1.80. The minimum Gasteiger partial charge on any atom is -0.317 e. The zero-order valence-electron chi connectivity index (χ0n) is 10.9. The van der Waals surface area contributed by atoms with E-state index in [1.54, 1.807) is 0 Å². The Labute approximate surface area is 106 Å². The number of alkyl halides is 3. The molecule has 2 unspecified atom stereocenters. The Morgan fingerprint density at radius 3 is 2.56 bits per heavy atom. The highest BCUT2D eigenvalue weighted by atomic mass is 19.4. The van der Waals surface area contributed by atoms with Crippen molar-refractivity contribution in [1.82, 2.24) is 10.3 Å². The molecule has 0 amide bonds. The first-order valence-electron chi connectivity index (χ1n) is 6.09. The van der Waals surface area contributed by atoms with E-state index in [1.807, 2.05) is 20.8 Å². The van der Waals surface area contributed by atoms with Crippen LogP contribution in [0.2, 0.25) is 0 Å². The Kier molecular flexibility index (Phi) is 5.14. The molecule has 0 fully saturated rings. The molecule has 1 rings (SSSR count). The van der Waals surface area contributed by atoms with Gasteiger partial charge in [0.2, 0.25) is 0 Å². The Morgan fingerprint density at radius 1 is 1.33 bits per heavy atom. The molecule has 1 aromatic rings. The second-order valence-corrected chi connectivity index (χ2v) is 4.53. The number of rotatable bonds is 5. The fourth-order valence-corrected chi connectivity index (χ4v) is 1.88. The molecular formula is C13H19F3N2. The number of hydrogen-bond donors (Lipinski definition) is 1. The molecule has 0 aliphatic heterocycles. The fourth-order valence-electron chi connectivity index (χ4n) is 1.88. The highest BCUT2D eigenvalue weighted by Crippen LogP contribution is 2.36. The Bertz CT molecular complexity index is 377. The van der Waals surface area contributed by atoms with Crippen molar-refractivity contribution in [2.75, 3.05) is 13.1 Å². The van der Waals surface area contributed by atoms with Crippen LogP contribution in [-0.2, 0) is 6.18 Å². The molecule has 1 aromatic heterocycles. The van der Waals surface area contributed by atoms with E-state index in [4.69, 9.17) is 0 Å². The minimum absolute atomic E-state index is 0.121.